The van der Waals surface area contributed by atoms with Crippen molar-refractivity contribution in [1.82, 2.24) is 5.32 Å². The number of aliphatic carboxylic acids is 1. The van der Waals surface area contributed by atoms with Gasteiger partial charge in [0, 0.05) is 12.1 Å². The summed E-state index contributed by atoms with van der Waals surface area (Å²) in [5.41, 5.74) is 0.858. The molecule has 0 spiro atoms. The Morgan fingerprint density at radius 2 is 1.75 bits per heavy atom. The highest BCUT2D eigenvalue weighted by molar-refractivity contribution is 5.97. The highest BCUT2D eigenvalue weighted by Crippen LogP contribution is 2.33. The minimum Gasteiger partial charge on any atom is -0.493 e. The van der Waals surface area contributed by atoms with Crippen molar-refractivity contribution in [3.05, 3.63) is 58.2 Å². The van der Waals surface area contributed by atoms with Gasteiger partial charge in [-0.25, -0.2) is 13.6 Å². The Morgan fingerprint density at radius 1 is 1.11 bits per heavy atom. The molecule has 36 heavy (non-hydrogen) atoms. The summed E-state index contributed by atoms with van der Waals surface area (Å²) in [6.07, 6.45) is -3.07. The first-order valence-corrected chi connectivity index (χ1v) is 11.6. The van der Waals surface area contributed by atoms with E-state index in [1.165, 1.54) is 6.92 Å². The maximum absolute atomic E-state index is 14.6. The molecule has 1 amide bonds. The van der Waals surface area contributed by atoms with Gasteiger partial charge in [-0.2, -0.15) is 13.2 Å². The molecule has 3 rings (SSSR count). The van der Waals surface area contributed by atoms with Crippen LogP contribution in [0.1, 0.15) is 53.7 Å². The fourth-order valence-corrected chi connectivity index (χ4v) is 4.20. The predicted molar refractivity (Wildman–Crippen MR) is 122 cm³/mol. The lowest BCUT2D eigenvalue weighted by molar-refractivity contribution is -0.143. The number of carboxylic acid groups (broad SMARTS) is 1. The number of ether oxygens (including phenoxy) is 1. The zero-order chi connectivity index (χ0) is 26.6. The van der Waals surface area contributed by atoms with Crippen LogP contribution in [0.3, 0.4) is 0 Å². The van der Waals surface area contributed by atoms with Gasteiger partial charge < -0.3 is 20.5 Å². The van der Waals surface area contributed by atoms with Crippen LogP contribution in [-0.2, 0) is 24.1 Å². The first kappa shape index (κ1) is 27.2. The summed E-state index contributed by atoms with van der Waals surface area (Å²) < 4.78 is 73.9. The Kier molecular flexibility index (Phi) is 8.42. The van der Waals surface area contributed by atoms with Gasteiger partial charge in [-0.3, -0.25) is 4.79 Å². The number of fused-ring (bicyclic) bond motifs is 1. The number of benzene rings is 2. The zero-order valence-corrected chi connectivity index (χ0v) is 19.8. The average molecular weight is 514 g/mol. The van der Waals surface area contributed by atoms with E-state index >= 15 is 0 Å². The summed E-state index contributed by atoms with van der Waals surface area (Å²) in [7, 11) is 0. The van der Waals surface area contributed by atoms with Crippen LogP contribution in [-0.4, -0.2) is 41.8 Å². The smallest absolute Gasteiger partial charge is 0.408 e. The maximum atomic E-state index is 14.6. The van der Waals surface area contributed by atoms with Gasteiger partial charge in [0.25, 0.3) is 5.91 Å². The first-order chi connectivity index (χ1) is 17.0. The third-order valence-electron chi connectivity index (χ3n) is 6.08. The predicted octanol–water partition coefficient (Wildman–Crippen LogP) is 5.03. The molecule has 0 radical (unpaired) electrons. The lowest BCUT2D eigenvalue weighted by Gasteiger charge is -2.24. The van der Waals surface area contributed by atoms with E-state index in [4.69, 9.17) is 4.74 Å². The molecule has 0 unspecified atom stereocenters. The third-order valence-corrected chi connectivity index (χ3v) is 6.08. The summed E-state index contributed by atoms with van der Waals surface area (Å²) in [4.78, 5) is 24.5. The number of halogens is 5. The summed E-state index contributed by atoms with van der Waals surface area (Å²) in [6.45, 7) is 3.75. The number of carbonyl (C=O) groups is 2. The molecule has 0 fully saturated rings. The van der Waals surface area contributed by atoms with Crippen molar-refractivity contribution in [3.8, 4) is 5.75 Å². The molecule has 0 aromatic heterocycles. The fraction of sp³-hybridized carbons (Fsp3) is 0.440. The number of nitrogens with one attached hydrogen (secondary N) is 2. The summed E-state index contributed by atoms with van der Waals surface area (Å²) in [5.74, 6) is -4.89. The summed E-state index contributed by atoms with van der Waals surface area (Å²) in [5, 5.41) is 13.8. The largest absolute Gasteiger partial charge is 0.493 e. The lowest BCUT2D eigenvalue weighted by Crippen LogP contribution is -2.43. The van der Waals surface area contributed by atoms with Crippen molar-refractivity contribution in [2.75, 3.05) is 11.9 Å². The van der Waals surface area contributed by atoms with Gasteiger partial charge in [-0.1, -0.05) is 26.0 Å². The van der Waals surface area contributed by atoms with Crippen molar-refractivity contribution >= 4 is 17.6 Å². The molecule has 196 valence electrons. The van der Waals surface area contributed by atoms with E-state index in [0.29, 0.717) is 42.9 Å². The van der Waals surface area contributed by atoms with Gasteiger partial charge in [-0.05, 0) is 54.5 Å². The molecule has 1 heterocycles. The number of hydrogen-bond acceptors (Lipinski definition) is 4. The third kappa shape index (κ3) is 6.06. The maximum Gasteiger partial charge on any atom is 0.408 e. The number of carboxylic acids is 1. The number of alkyl halides is 3. The second kappa shape index (κ2) is 11.1. The Morgan fingerprint density at radius 3 is 2.31 bits per heavy atom. The van der Waals surface area contributed by atoms with Gasteiger partial charge in [0.05, 0.1) is 6.61 Å². The van der Waals surface area contributed by atoms with Gasteiger partial charge in [0.2, 0.25) is 0 Å². The molecule has 6 nitrogen and oxygen atoms in total. The normalized spacial score (nSPS) is 14.9. The van der Waals surface area contributed by atoms with Crippen LogP contribution in [0, 0.1) is 11.6 Å². The van der Waals surface area contributed by atoms with Crippen LogP contribution >= 0.6 is 0 Å². The minimum absolute atomic E-state index is 0.149. The van der Waals surface area contributed by atoms with E-state index in [2.05, 4.69) is 5.32 Å². The highest BCUT2D eigenvalue weighted by Gasteiger charge is 2.38. The molecule has 0 bridgehead atoms. The fourth-order valence-electron chi connectivity index (χ4n) is 4.20. The molecule has 0 saturated carbocycles. The number of carbonyl (C=O) groups excluding carboxylic acids is 1. The van der Waals surface area contributed by atoms with Crippen LogP contribution in [0.5, 0.6) is 5.75 Å². The molecule has 0 aliphatic carbocycles. The monoisotopic (exact) mass is 514 g/mol. The van der Waals surface area contributed by atoms with E-state index < -0.39 is 53.0 Å². The Balaban J connectivity index is 1.82. The molecule has 11 heteroatoms. The van der Waals surface area contributed by atoms with Crippen molar-refractivity contribution < 1.29 is 41.4 Å². The second-order valence-electron chi connectivity index (χ2n) is 8.53. The molecule has 1 aliphatic heterocycles. The van der Waals surface area contributed by atoms with Crippen LogP contribution in [0.2, 0.25) is 0 Å². The van der Waals surface area contributed by atoms with E-state index in [9.17, 15) is 36.6 Å². The SMILES string of the molecule is CCc1ccc(C[C@H](NC(=O)c2c(F)cc(N[C@H](CC)C(F)(F)F)cc2F)C(=O)O)c2c1OCCC2. The number of aryl methyl sites for hydroxylation is 1. The van der Waals surface area contributed by atoms with Gasteiger partial charge in [0.1, 0.15) is 35.0 Å². The number of hydrogen-bond donors (Lipinski definition) is 3. The molecular weight excluding hydrogens is 487 g/mol. The minimum atomic E-state index is -4.65. The Labute approximate surface area is 204 Å². The molecule has 0 saturated heterocycles. The summed E-state index contributed by atoms with van der Waals surface area (Å²) >= 11 is 0. The average Bonchev–Trinajstić information content (AvgIpc) is 2.81. The standard InChI is InChI=1S/C25H27F5N2O4/c1-3-13-7-8-14(16-6-5-9-36-22(13)16)10-19(24(34)35)32-23(33)21-17(26)11-15(12-18(21)27)31-20(4-2)25(28,29)30/h7-8,11-12,19-20,31H,3-6,9-10H2,1-2H3,(H,32,33)(H,34,35)/t19-,20+/m0/s1. The lowest BCUT2D eigenvalue weighted by atomic mass is 9.92. The number of rotatable bonds is 9. The summed E-state index contributed by atoms with van der Waals surface area (Å²) in [6, 6.07) is 1.15. The second-order valence-corrected chi connectivity index (χ2v) is 8.53. The van der Waals surface area contributed by atoms with Gasteiger partial charge in [-0.15, -0.1) is 0 Å². The van der Waals surface area contributed by atoms with Crippen LogP contribution < -0.4 is 15.4 Å². The van der Waals surface area contributed by atoms with Crippen molar-refractivity contribution in [2.45, 2.75) is 64.2 Å². The zero-order valence-electron chi connectivity index (χ0n) is 19.8. The number of amides is 1. The van der Waals surface area contributed by atoms with Crippen molar-refractivity contribution in [1.29, 1.82) is 0 Å². The van der Waals surface area contributed by atoms with E-state index in [1.54, 1.807) is 6.07 Å². The quantitative estimate of drug-likeness (QED) is 0.409. The topological polar surface area (TPSA) is 87.7 Å². The van der Waals surface area contributed by atoms with Crippen LogP contribution in [0.15, 0.2) is 24.3 Å². The molecular formula is C25H27F5N2O4. The number of anilines is 1. The Bertz CT molecular complexity index is 1110. The van der Waals surface area contributed by atoms with Crippen molar-refractivity contribution in [3.63, 3.8) is 0 Å². The van der Waals surface area contributed by atoms with E-state index in [0.717, 1.165) is 17.5 Å². The molecule has 1 aliphatic rings. The highest BCUT2D eigenvalue weighted by atomic mass is 19.4. The first-order valence-electron chi connectivity index (χ1n) is 11.6. The van der Waals surface area contributed by atoms with E-state index in [1.807, 2.05) is 18.3 Å². The van der Waals surface area contributed by atoms with Crippen molar-refractivity contribution in [2.24, 2.45) is 0 Å². The Hall–Kier alpha value is -3.37. The molecule has 2 atom stereocenters. The van der Waals surface area contributed by atoms with Crippen LogP contribution in [0.4, 0.5) is 27.6 Å². The van der Waals surface area contributed by atoms with Gasteiger partial charge >= 0.3 is 12.1 Å². The van der Waals surface area contributed by atoms with Gasteiger partial charge in [0.15, 0.2) is 0 Å². The molecule has 2 aromatic rings. The molecule has 2 aromatic carbocycles. The molecule has 3 N–H and O–H groups in total. The van der Waals surface area contributed by atoms with E-state index in [-0.39, 0.29) is 12.8 Å². The van der Waals surface area contributed by atoms with Crippen LogP contribution in [0.25, 0.3) is 0 Å².